The van der Waals surface area contributed by atoms with Crippen LogP contribution in [0, 0.1) is 13.8 Å². The standard InChI is InChI=1S/C11H20N2O2S/c1-5-12-10(6-14-4)7-16-11-13-8(2)9(3)15-11/h10,12H,5-7H2,1-4H3. The van der Waals surface area contributed by atoms with Gasteiger partial charge in [0.05, 0.1) is 12.3 Å². The van der Waals surface area contributed by atoms with Crippen molar-refractivity contribution in [3.63, 3.8) is 0 Å². The van der Waals surface area contributed by atoms with Crippen LogP contribution in [0.5, 0.6) is 0 Å². The molecular weight excluding hydrogens is 224 g/mol. The van der Waals surface area contributed by atoms with Gasteiger partial charge >= 0.3 is 0 Å². The number of likely N-dealkylation sites (N-methyl/N-ethyl adjacent to an activating group) is 1. The molecule has 4 nitrogen and oxygen atoms in total. The number of nitrogens with zero attached hydrogens (tertiary/aromatic N) is 1. The summed E-state index contributed by atoms with van der Waals surface area (Å²) < 4.78 is 10.7. The molecule has 1 aromatic heterocycles. The molecule has 0 bridgehead atoms. The van der Waals surface area contributed by atoms with Crippen LogP contribution in [0.2, 0.25) is 0 Å². The Morgan fingerprint density at radius 1 is 1.50 bits per heavy atom. The van der Waals surface area contributed by atoms with Crippen LogP contribution in [0.25, 0.3) is 0 Å². The Labute approximate surface area is 101 Å². The molecule has 0 fully saturated rings. The molecule has 1 heterocycles. The van der Waals surface area contributed by atoms with Crippen molar-refractivity contribution in [1.29, 1.82) is 0 Å². The number of methoxy groups -OCH3 is 1. The van der Waals surface area contributed by atoms with Crippen LogP contribution in [-0.4, -0.2) is 37.0 Å². The van der Waals surface area contributed by atoms with Gasteiger partial charge in [0.2, 0.25) is 0 Å². The first kappa shape index (κ1) is 13.5. The van der Waals surface area contributed by atoms with Gasteiger partial charge < -0.3 is 14.5 Å². The third-order valence-corrected chi connectivity index (χ3v) is 3.27. The Morgan fingerprint density at radius 2 is 2.25 bits per heavy atom. The summed E-state index contributed by atoms with van der Waals surface area (Å²) >= 11 is 1.62. The third-order valence-electron chi connectivity index (χ3n) is 2.28. The van der Waals surface area contributed by atoms with Crippen molar-refractivity contribution >= 4 is 11.8 Å². The summed E-state index contributed by atoms with van der Waals surface area (Å²) in [5, 5.41) is 4.10. The summed E-state index contributed by atoms with van der Waals surface area (Å²) in [4.78, 5) is 4.33. The highest BCUT2D eigenvalue weighted by atomic mass is 32.2. The molecule has 0 aliphatic carbocycles. The Balaban J connectivity index is 2.41. The first-order valence-corrected chi connectivity index (χ1v) is 6.45. The number of thioether (sulfide) groups is 1. The molecule has 1 aromatic rings. The Kier molecular flexibility index (Phi) is 5.87. The van der Waals surface area contributed by atoms with E-state index in [0.717, 1.165) is 29.0 Å². The maximum Gasteiger partial charge on any atom is 0.256 e. The molecule has 16 heavy (non-hydrogen) atoms. The zero-order chi connectivity index (χ0) is 12.0. The van der Waals surface area contributed by atoms with Gasteiger partial charge in [-0.15, -0.1) is 0 Å². The molecule has 0 spiro atoms. The van der Waals surface area contributed by atoms with Gasteiger partial charge in [-0.25, -0.2) is 4.98 Å². The molecule has 1 atom stereocenters. The third kappa shape index (κ3) is 4.15. The average Bonchev–Trinajstić information content (AvgIpc) is 2.56. The van der Waals surface area contributed by atoms with Crippen molar-refractivity contribution in [3.8, 4) is 0 Å². The number of rotatable bonds is 7. The predicted octanol–water partition coefficient (Wildman–Crippen LogP) is 2.01. The molecule has 5 heteroatoms. The molecule has 1 N–H and O–H groups in total. The van der Waals surface area contributed by atoms with Crippen molar-refractivity contribution < 1.29 is 9.15 Å². The van der Waals surface area contributed by atoms with Gasteiger partial charge in [0.1, 0.15) is 5.76 Å². The number of aryl methyl sites for hydroxylation is 2. The topological polar surface area (TPSA) is 47.3 Å². The summed E-state index contributed by atoms with van der Waals surface area (Å²) in [7, 11) is 1.72. The summed E-state index contributed by atoms with van der Waals surface area (Å²) in [5.74, 6) is 1.80. The first-order chi connectivity index (χ1) is 7.67. The van der Waals surface area contributed by atoms with E-state index in [2.05, 4.69) is 17.2 Å². The van der Waals surface area contributed by atoms with E-state index >= 15 is 0 Å². The van der Waals surface area contributed by atoms with E-state index in [1.54, 1.807) is 18.9 Å². The number of hydrogen-bond donors (Lipinski definition) is 1. The van der Waals surface area contributed by atoms with E-state index in [1.807, 2.05) is 13.8 Å². The highest BCUT2D eigenvalue weighted by Crippen LogP contribution is 2.20. The second-order valence-electron chi connectivity index (χ2n) is 3.64. The zero-order valence-electron chi connectivity index (χ0n) is 10.4. The maximum atomic E-state index is 5.50. The summed E-state index contributed by atoms with van der Waals surface area (Å²) in [6, 6.07) is 0.340. The van der Waals surface area contributed by atoms with Gasteiger partial charge in [-0.3, -0.25) is 0 Å². The molecule has 1 rings (SSSR count). The Bertz CT molecular complexity index is 289. The lowest BCUT2D eigenvalue weighted by atomic mass is 10.3. The lowest BCUT2D eigenvalue weighted by Gasteiger charge is -2.14. The van der Waals surface area contributed by atoms with Gasteiger partial charge in [0, 0.05) is 18.9 Å². The van der Waals surface area contributed by atoms with Crippen LogP contribution < -0.4 is 5.32 Å². The second-order valence-corrected chi connectivity index (χ2v) is 4.61. The largest absolute Gasteiger partial charge is 0.437 e. The van der Waals surface area contributed by atoms with Crippen LogP contribution in [0.1, 0.15) is 18.4 Å². The van der Waals surface area contributed by atoms with Crippen LogP contribution in [0.15, 0.2) is 9.64 Å². The Hall–Kier alpha value is -0.520. The van der Waals surface area contributed by atoms with E-state index in [4.69, 9.17) is 9.15 Å². The van der Waals surface area contributed by atoms with E-state index in [9.17, 15) is 0 Å². The summed E-state index contributed by atoms with van der Waals surface area (Å²) in [6.07, 6.45) is 0. The number of hydrogen-bond acceptors (Lipinski definition) is 5. The lowest BCUT2D eigenvalue weighted by Crippen LogP contribution is -2.35. The Morgan fingerprint density at radius 3 is 2.75 bits per heavy atom. The summed E-state index contributed by atoms with van der Waals surface area (Å²) in [6.45, 7) is 7.63. The molecule has 0 radical (unpaired) electrons. The maximum absolute atomic E-state index is 5.50. The molecule has 1 unspecified atom stereocenters. The van der Waals surface area contributed by atoms with Crippen LogP contribution in [0.4, 0.5) is 0 Å². The molecule has 0 saturated carbocycles. The van der Waals surface area contributed by atoms with E-state index in [0.29, 0.717) is 12.6 Å². The number of oxazole rings is 1. The van der Waals surface area contributed by atoms with Crippen molar-refractivity contribution in [2.24, 2.45) is 0 Å². The van der Waals surface area contributed by atoms with E-state index in [-0.39, 0.29) is 0 Å². The van der Waals surface area contributed by atoms with E-state index < -0.39 is 0 Å². The smallest absolute Gasteiger partial charge is 0.256 e. The van der Waals surface area contributed by atoms with Gasteiger partial charge in [-0.2, -0.15) is 0 Å². The molecule has 92 valence electrons. The fraction of sp³-hybridized carbons (Fsp3) is 0.727. The minimum atomic E-state index is 0.340. The number of aromatic nitrogens is 1. The normalized spacial score (nSPS) is 13.0. The first-order valence-electron chi connectivity index (χ1n) is 5.46. The molecule has 0 saturated heterocycles. The van der Waals surface area contributed by atoms with Gasteiger partial charge in [-0.05, 0) is 20.4 Å². The van der Waals surface area contributed by atoms with Crippen molar-refractivity contribution in [2.45, 2.75) is 32.0 Å². The van der Waals surface area contributed by atoms with Crippen LogP contribution >= 0.6 is 11.8 Å². The van der Waals surface area contributed by atoms with Crippen LogP contribution in [0.3, 0.4) is 0 Å². The summed E-state index contributed by atoms with van der Waals surface area (Å²) in [5.41, 5.74) is 0.967. The van der Waals surface area contributed by atoms with Crippen molar-refractivity contribution in [2.75, 3.05) is 26.0 Å². The minimum Gasteiger partial charge on any atom is -0.437 e. The highest BCUT2D eigenvalue weighted by Gasteiger charge is 2.11. The van der Waals surface area contributed by atoms with Crippen molar-refractivity contribution in [1.82, 2.24) is 10.3 Å². The van der Waals surface area contributed by atoms with Gasteiger partial charge in [-0.1, -0.05) is 18.7 Å². The predicted molar refractivity (Wildman–Crippen MR) is 66.0 cm³/mol. The van der Waals surface area contributed by atoms with Crippen LogP contribution in [-0.2, 0) is 4.74 Å². The monoisotopic (exact) mass is 244 g/mol. The number of nitrogens with one attached hydrogen (secondary N) is 1. The molecular formula is C11H20N2O2S. The van der Waals surface area contributed by atoms with Crippen molar-refractivity contribution in [3.05, 3.63) is 11.5 Å². The minimum absolute atomic E-state index is 0.340. The molecule has 0 aliphatic heterocycles. The van der Waals surface area contributed by atoms with Gasteiger partial charge in [0.15, 0.2) is 0 Å². The second kappa shape index (κ2) is 6.93. The van der Waals surface area contributed by atoms with Gasteiger partial charge in [0.25, 0.3) is 5.22 Å². The molecule has 0 aliphatic rings. The lowest BCUT2D eigenvalue weighted by molar-refractivity contribution is 0.174. The fourth-order valence-corrected chi connectivity index (χ4v) is 2.28. The SMILES string of the molecule is CCNC(COC)CSc1nc(C)c(C)o1. The molecule has 0 aromatic carbocycles. The molecule has 0 amide bonds. The van der Waals surface area contributed by atoms with E-state index in [1.165, 1.54) is 0 Å². The quantitative estimate of drug-likeness (QED) is 0.743. The zero-order valence-corrected chi connectivity index (χ0v) is 11.2. The highest BCUT2D eigenvalue weighted by molar-refractivity contribution is 7.99. The number of ether oxygens (including phenoxy) is 1. The average molecular weight is 244 g/mol. The fourth-order valence-electron chi connectivity index (χ4n) is 1.33.